The molecule has 2 aromatic heterocycles. The summed E-state index contributed by atoms with van der Waals surface area (Å²) in [6.07, 6.45) is 10.8. The fourth-order valence-electron chi connectivity index (χ4n) is 9.37. The van der Waals surface area contributed by atoms with Gasteiger partial charge in [0.15, 0.2) is 0 Å². The molecule has 4 aromatic rings. The molecule has 10 heteroatoms. The maximum Gasteiger partial charge on any atom is 0.230 e. The van der Waals surface area contributed by atoms with Gasteiger partial charge in [0.05, 0.1) is 18.5 Å². The summed E-state index contributed by atoms with van der Waals surface area (Å²) in [5.74, 6) is -0.0324. The molecular formula is C43H54F2N6O2. The second-order valence-electron chi connectivity index (χ2n) is 14.7. The number of hydrogen-bond donors (Lipinski definition) is 2. The van der Waals surface area contributed by atoms with Gasteiger partial charge in [0, 0.05) is 98.6 Å². The third-order valence-electron chi connectivity index (χ3n) is 12.0. The Morgan fingerprint density at radius 1 is 0.679 bits per heavy atom. The number of halogens is 2. The maximum atomic E-state index is 13.3. The van der Waals surface area contributed by atoms with Crippen molar-refractivity contribution in [3.8, 4) is 0 Å². The van der Waals surface area contributed by atoms with Crippen LogP contribution in [-0.4, -0.2) is 119 Å². The minimum absolute atomic E-state index is 0.150. The van der Waals surface area contributed by atoms with Crippen LogP contribution in [0.2, 0.25) is 0 Å². The number of rotatable bonds is 11. The minimum Gasteiger partial charge on any atom is -0.361 e. The van der Waals surface area contributed by atoms with E-state index >= 15 is 0 Å². The molecule has 0 spiro atoms. The van der Waals surface area contributed by atoms with Crippen molar-refractivity contribution in [2.75, 3.05) is 65.7 Å². The van der Waals surface area contributed by atoms with Crippen LogP contribution in [0, 0.1) is 11.8 Å². The second kappa shape index (κ2) is 16.0. The van der Waals surface area contributed by atoms with Crippen molar-refractivity contribution in [2.24, 2.45) is 11.8 Å². The summed E-state index contributed by atoms with van der Waals surface area (Å²) in [6.45, 7) is 12.6. The van der Waals surface area contributed by atoms with Crippen LogP contribution in [0.1, 0.15) is 56.4 Å². The van der Waals surface area contributed by atoms with Crippen molar-refractivity contribution in [2.45, 2.75) is 59.0 Å². The van der Waals surface area contributed by atoms with Crippen molar-refractivity contribution in [3.63, 3.8) is 0 Å². The third-order valence-corrected chi connectivity index (χ3v) is 12.0. The molecule has 4 heterocycles. The molecule has 4 aliphatic rings. The largest absolute Gasteiger partial charge is 0.361 e. The number of aromatic amines is 2. The van der Waals surface area contributed by atoms with Gasteiger partial charge < -0.3 is 19.8 Å². The molecule has 4 atom stereocenters. The SMILES string of the molecule is CCN(CC)C(=O)C1C=C2c3cccc4[nH]cc(c34)CC2N(CCCF)C1.CCN(CC)C(=O)C1C=C2c3cccc4[nH]cc(c34)CC2N(CCF)C1. The highest BCUT2D eigenvalue weighted by molar-refractivity contribution is 6.00. The summed E-state index contributed by atoms with van der Waals surface area (Å²) >= 11 is 0. The number of carbonyl (C=O) groups excluding carboxylic acids is 2. The summed E-state index contributed by atoms with van der Waals surface area (Å²) in [5, 5.41) is 2.53. The lowest BCUT2D eigenvalue weighted by atomic mass is 9.79. The number of nitrogens with one attached hydrogen (secondary N) is 2. The van der Waals surface area contributed by atoms with E-state index in [9.17, 15) is 18.4 Å². The van der Waals surface area contributed by atoms with E-state index in [4.69, 9.17) is 0 Å². The molecule has 2 aliphatic heterocycles. The molecule has 53 heavy (non-hydrogen) atoms. The second-order valence-corrected chi connectivity index (χ2v) is 14.7. The number of H-pyrrole nitrogens is 2. The van der Waals surface area contributed by atoms with Crippen LogP contribution < -0.4 is 0 Å². The van der Waals surface area contributed by atoms with Gasteiger partial charge in [-0.3, -0.25) is 23.8 Å². The van der Waals surface area contributed by atoms with E-state index in [2.05, 4.69) is 80.7 Å². The Balaban J connectivity index is 0.000000164. The number of amides is 2. The number of fused-ring (bicyclic) bond motifs is 4. The zero-order chi connectivity index (χ0) is 37.2. The van der Waals surface area contributed by atoms with Crippen molar-refractivity contribution < 1.29 is 18.4 Å². The minimum atomic E-state index is -0.389. The Morgan fingerprint density at radius 2 is 1.13 bits per heavy atom. The van der Waals surface area contributed by atoms with Crippen LogP contribution in [0.3, 0.4) is 0 Å². The van der Waals surface area contributed by atoms with Gasteiger partial charge >= 0.3 is 0 Å². The molecule has 8 rings (SSSR count). The van der Waals surface area contributed by atoms with Crippen LogP contribution in [0.25, 0.3) is 33.0 Å². The molecule has 8 nitrogen and oxygen atoms in total. The number of benzene rings is 2. The van der Waals surface area contributed by atoms with Crippen LogP contribution >= 0.6 is 0 Å². The predicted molar refractivity (Wildman–Crippen MR) is 210 cm³/mol. The van der Waals surface area contributed by atoms with E-state index < -0.39 is 0 Å². The first-order valence-corrected chi connectivity index (χ1v) is 19.6. The standard InChI is InChI=1S/C22H28FN3O.C21H26FN3O/c1-3-25(4-2)22(27)16-11-18-17-7-5-8-19-21(17)15(13-24-19)12-20(18)26(14-16)10-6-9-23;1-3-24(4-2)21(26)15-10-17-16-6-5-7-18-20(16)14(12-23-18)11-19(17)25(13-15)9-8-22/h5,7-8,11,13,16,20,24H,3-4,6,9-10,12,14H2,1-2H3;5-7,10,12,15,19,23H,3-4,8-9,11,13H2,1-2H3. The van der Waals surface area contributed by atoms with E-state index in [-0.39, 0.29) is 49.1 Å². The van der Waals surface area contributed by atoms with Crippen molar-refractivity contribution in [1.82, 2.24) is 29.6 Å². The predicted octanol–water partition coefficient (Wildman–Crippen LogP) is 6.88. The number of nitrogens with zero attached hydrogens (tertiary/aromatic N) is 4. The zero-order valence-electron chi connectivity index (χ0n) is 31.6. The van der Waals surface area contributed by atoms with Gasteiger partial charge in [-0.25, -0.2) is 4.39 Å². The molecule has 2 amide bonds. The average Bonchev–Trinajstić information content (AvgIpc) is 3.81. The van der Waals surface area contributed by atoms with Gasteiger partial charge in [0.25, 0.3) is 0 Å². The van der Waals surface area contributed by atoms with Gasteiger partial charge in [-0.05, 0) is 92.5 Å². The Labute approximate surface area is 311 Å². The molecular weight excluding hydrogens is 671 g/mol. The molecule has 0 radical (unpaired) electrons. The molecule has 0 fully saturated rings. The lowest BCUT2D eigenvalue weighted by molar-refractivity contribution is -0.135. The van der Waals surface area contributed by atoms with Gasteiger partial charge in [0.1, 0.15) is 6.67 Å². The molecule has 0 bridgehead atoms. The Kier molecular flexibility index (Phi) is 11.2. The molecule has 2 aliphatic carbocycles. The number of aromatic nitrogens is 2. The summed E-state index contributed by atoms with van der Waals surface area (Å²) in [5.41, 5.74) is 9.73. The first-order chi connectivity index (χ1) is 25.8. The fraction of sp³-hybridized carbons (Fsp3) is 0.488. The monoisotopic (exact) mass is 724 g/mol. The van der Waals surface area contributed by atoms with E-state index in [1.165, 1.54) is 44.2 Å². The quantitative estimate of drug-likeness (QED) is 0.177. The Morgan fingerprint density at radius 3 is 1.55 bits per heavy atom. The van der Waals surface area contributed by atoms with Crippen LogP contribution in [0.15, 0.2) is 60.9 Å². The number of carbonyl (C=O) groups is 2. The normalized spacial score (nSPS) is 22.0. The lowest BCUT2D eigenvalue weighted by Gasteiger charge is -2.42. The molecule has 0 saturated carbocycles. The highest BCUT2D eigenvalue weighted by Crippen LogP contribution is 2.43. The van der Waals surface area contributed by atoms with Gasteiger partial charge in [-0.15, -0.1) is 0 Å². The summed E-state index contributed by atoms with van der Waals surface area (Å²) in [7, 11) is 0. The first-order valence-electron chi connectivity index (χ1n) is 19.6. The van der Waals surface area contributed by atoms with Crippen molar-refractivity contribution >= 4 is 44.8 Å². The van der Waals surface area contributed by atoms with Crippen LogP contribution in [-0.2, 0) is 22.4 Å². The van der Waals surface area contributed by atoms with E-state index in [1.807, 2.05) is 37.5 Å². The Hall–Kier alpha value is -4.28. The van der Waals surface area contributed by atoms with Crippen molar-refractivity contribution in [3.05, 3.63) is 83.2 Å². The molecule has 0 saturated heterocycles. The maximum absolute atomic E-state index is 13.3. The summed E-state index contributed by atoms with van der Waals surface area (Å²) in [6, 6.07) is 13.0. The lowest BCUT2D eigenvalue weighted by Crippen LogP contribution is -2.49. The number of hydrogen-bond acceptors (Lipinski definition) is 4. The Bertz CT molecular complexity index is 2010. The summed E-state index contributed by atoms with van der Waals surface area (Å²) in [4.78, 5) is 41.0. The highest BCUT2D eigenvalue weighted by Gasteiger charge is 2.39. The molecule has 2 N–H and O–H groups in total. The first kappa shape index (κ1) is 37.1. The highest BCUT2D eigenvalue weighted by atomic mass is 19.1. The third kappa shape index (κ3) is 6.84. The fourth-order valence-corrected chi connectivity index (χ4v) is 9.37. The van der Waals surface area contributed by atoms with Gasteiger partial charge in [0.2, 0.25) is 11.8 Å². The molecule has 2 aromatic carbocycles. The topological polar surface area (TPSA) is 78.7 Å². The van der Waals surface area contributed by atoms with Crippen LogP contribution in [0.5, 0.6) is 0 Å². The van der Waals surface area contributed by atoms with E-state index in [0.29, 0.717) is 45.7 Å². The average molecular weight is 725 g/mol. The van der Waals surface area contributed by atoms with E-state index in [1.54, 1.807) is 0 Å². The molecule has 4 unspecified atom stereocenters. The zero-order valence-corrected chi connectivity index (χ0v) is 31.6. The van der Waals surface area contributed by atoms with Crippen LogP contribution in [0.4, 0.5) is 8.78 Å². The summed E-state index contributed by atoms with van der Waals surface area (Å²) < 4.78 is 26.2. The van der Waals surface area contributed by atoms with Gasteiger partial charge in [-0.1, -0.05) is 36.4 Å². The van der Waals surface area contributed by atoms with Crippen molar-refractivity contribution in [1.29, 1.82) is 0 Å². The van der Waals surface area contributed by atoms with Gasteiger partial charge in [-0.2, -0.15) is 0 Å². The number of alkyl halides is 2. The smallest absolute Gasteiger partial charge is 0.230 e. The van der Waals surface area contributed by atoms with E-state index in [0.717, 1.165) is 37.0 Å². The molecule has 282 valence electrons.